The number of rotatable bonds is 6. The van der Waals surface area contributed by atoms with Gasteiger partial charge in [0.15, 0.2) is 11.5 Å². The molecule has 0 radical (unpaired) electrons. The van der Waals surface area contributed by atoms with Crippen LogP contribution in [0.1, 0.15) is 29.3 Å². The molecule has 5 rings (SSSR count). The topological polar surface area (TPSA) is 118 Å². The largest absolute Gasteiger partial charge is 0.486 e. The molecule has 36 heavy (non-hydrogen) atoms. The minimum atomic E-state index is -0.670. The first-order chi connectivity index (χ1) is 17.4. The third-order valence-electron chi connectivity index (χ3n) is 5.84. The maximum atomic E-state index is 13.4. The molecule has 0 unspecified atom stereocenters. The fourth-order valence-corrected chi connectivity index (χ4v) is 4.05. The monoisotopic (exact) mass is 487 g/mol. The lowest BCUT2D eigenvalue weighted by molar-refractivity contribution is -0.384. The number of non-ortho nitro benzene ring substituents is 1. The Morgan fingerprint density at radius 2 is 1.78 bits per heavy atom. The van der Waals surface area contributed by atoms with Gasteiger partial charge in [0.2, 0.25) is 5.43 Å². The number of carbonyl (C=O) groups is 1. The van der Waals surface area contributed by atoms with Gasteiger partial charge in [-0.15, -0.1) is 0 Å². The fraction of sp³-hybridized carbons (Fsp3) is 0.185. The Balaban J connectivity index is 1.51. The van der Waals surface area contributed by atoms with Crippen molar-refractivity contribution in [3.8, 4) is 28.4 Å². The molecular weight excluding hydrogens is 466 g/mol. The highest BCUT2D eigenvalue weighted by Gasteiger charge is 2.19. The van der Waals surface area contributed by atoms with Gasteiger partial charge in [-0.3, -0.25) is 14.9 Å². The van der Waals surface area contributed by atoms with Gasteiger partial charge >= 0.3 is 5.97 Å². The third kappa shape index (κ3) is 4.38. The van der Waals surface area contributed by atoms with Gasteiger partial charge in [-0.2, -0.15) is 0 Å². The lowest BCUT2D eigenvalue weighted by Crippen LogP contribution is -2.15. The molecule has 1 aliphatic rings. The Hall–Kier alpha value is -4.66. The summed E-state index contributed by atoms with van der Waals surface area (Å²) < 4.78 is 22.6. The van der Waals surface area contributed by atoms with Crippen LogP contribution in [0.2, 0.25) is 0 Å². The van der Waals surface area contributed by atoms with Crippen LogP contribution in [-0.2, 0) is 6.42 Å². The molecule has 9 heteroatoms. The van der Waals surface area contributed by atoms with Crippen molar-refractivity contribution in [2.75, 3.05) is 13.2 Å². The number of aryl methyl sites for hydroxylation is 1. The molecule has 0 spiro atoms. The van der Waals surface area contributed by atoms with Crippen molar-refractivity contribution < 1.29 is 28.3 Å². The van der Waals surface area contributed by atoms with E-state index in [0.29, 0.717) is 53.2 Å². The van der Waals surface area contributed by atoms with E-state index in [-0.39, 0.29) is 28.0 Å². The molecule has 0 fully saturated rings. The summed E-state index contributed by atoms with van der Waals surface area (Å²) in [6.07, 6.45) is 2.69. The van der Waals surface area contributed by atoms with E-state index in [4.69, 9.17) is 18.6 Å². The maximum absolute atomic E-state index is 13.4. The van der Waals surface area contributed by atoms with Gasteiger partial charge in [-0.05, 0) is 47.9 Å². The average Bonchev–Trinajstić information content (AvgIpc) is 2.89. The zero-order chi connectivity index (χ0) is 25.2. The molecule has 0 atom stereocenters. The van der Waals surface area contributed by atoms with E-state index in [2.05, 4.69) is 0 Å². The van der Waals surface area contributed by atoms with Gasteiger partial charge in [0.05, 0.1) is 21.4 Å². The Kier molecular flexibility index (Phi) is 6.12. The van der Waals surface area contributed by atoms with Crippen LogP contribution in [0.4, 0.5) is 5.69 Å². The van der Waals surface area contributed by atoms with Crippen molar-refractivity contribution in [3.63, 3.8) is 0 Å². The van der Waals surface area contributed by atoms with E-state index in [1.54, 1.807) is 24.3 Å². The highest BCUT2D eigenvalue weighted by molar-refractivity contribution is 5.92. The summed E-state index contributed by atoms with van der Waals surface area (Å²) in [5.41, 5.74) is 1.77. The molecule has 182 valence electrons. The highest BCUT2D eigenvalue weighted by Crippen LogP contribution is 2.35. The molecule has 0 N–H and O–H groups in total. The number of fused-ring (bicyclic) bond motifs is 2. The SMILES string of the molecule is CCCc1cc2c(=O)c(-c3ccc4c(c3)OCCO4)coc2cc1OC(=O)c1ccc([N+](=O)[O-])cc1. The second-order valence-corrected chi connectivity index (χ2v) is 8.24. The number of benzene rings is 3. The number of esters is 1. The van der Waals surface area contributed by atoms with Gasteiger partial charge in [-0.1, -0.05) is 19.4 Å². The molecular formula is C27H21NO8. The first kappa shape index (κ1) is 23.1. The summed E-state index contributed by atoms with van der Waals surface area (Å²) in [6.45, 7) is 2.88. The summed E-state index contributed by atoms with van der Waals surface area (Å²) in [5, 5.41) is 11.2. The molecule has 2 heterocycles. The fourth-order valence-electron chi connectivity index (χ4n) is 4.05. The smallest absolute Gasteiger partial charge is 0.343 e. The van der Waals surface area contributed by atoms with Gasteiger partial charge in [0, 0.05) is 18.2 Å². The van der Waals surface area contributed by atoms with Crippen molar-refractivity contribution in [2.45, 2.75) is 19.8 Å². The van der Waals surface area contributed by atoms with Crippen molar-refractivity contribution in [1.82, 2.24) is 0 Å². The van der Waals surface area contributed by atoms with Crippen LogP contribution in [0.25, 0.3) is 22.1 Å². The first-order valence-corrected chi connectivity index (χ1v) is 11.4. The van der Waals surface area contributed by atoms with Crippen molar-refractivity contribution in [3.05, 3.63) is 92.3 Å². The summed E-state index contributed by atoms with van der Waals surface area (Å²) in [4.78, 5) is 36.4. The van der Waals surface area contributed by atoms with E-state index in [9.17, 15) is 19.7 Å². The Morgan fingerprint density at radius 3 is 2.50 bits per heavy atom. The van der Waals surface area contributed by atoms with E-state index in [1.165, 1.54) is 36.6 Å². The van der Waals surface area contributed by atoms with Crippen molar-refractivity contribution in [1.29, 1.82) is 0 Å². The zero-order valence-electron chi connectivity index (χ0n) is 19.3. The van der Waals surface area contributed by atoms with Crippen LogP contribution in [0.3, 0.4) is 0 Å². The first-order valence-electron chi connectivity index (χ1n) is 11.4. The van der Waals surface area contributed by atoms with Crippen LogP contribution in [0, 0.1) is 10.1 Å². The Bertz CT molecular complexity index is 1540. The summed E-state index contributed by atoms with van der Waals surface area (Å²) in [6, 6.07) is 13.6. The lowest BCUT2D eigenvalue weighted by atomic mass is 10.0. The van der Waals surface area contributed by atoms with Crippen LogP contribution >= 0.6 is 0 Å². The predicted molar refractivity (Wildman–Crippen MR) is 131 cm³/mol. The second-order valence-electron chi connectivity index (χ2n) is 8.24. The number of carbonyl (C=O) groups excluding carboxylic acids is 1. The van der Waals surface area contributed by atoms with Gasteiger partial charge < -0.3 is 18.6 Å². The normalized spacial score (nSPS) is 12.4. The number of hydrogen-bond acceptors (Lipinski definition) is 8. The molecule has 0 bridgehead atoms. The minimum absolute atomic E-state index is 0.125. The predicted octanol–water partition coefficient (Wildman–Crippen LogP) is 5.31. The standard InChI is InChI=1S/C27H21NO8/c1-2-3-18-12-20-24(14-23(18)36-27(30)16-4-7-19(8-5-16)28(31)32)35-15-21(26(20)29)17-6-9-22-25(13-17)34-11-10-33-22/h4-9,12-15H,2-3,10-11H2,1H3. The second kappa shape index (κ2) is 9.53. The van der Waals surface area contributed by atoms with E-state index >= 15 is 0 Å². The minimum Gasteiger partial charge on any atom is -0.486 e. The average molecular weight is 487 g/mol. The number of nitrogens with zero attached hydrogens (tertiary/aromatic N) is 1. The summed E-state index contributed by atoms with van der Waals surface area (Å²) >= 11 is 0. The van der Waals surface area contributed by atoms with Gasteiger partial charge in [0.25, 0.3) is 5.69 Å². The summed E-state index contributed by atoms with van der Waals surface area (Å²) in [7, 11) is 0. The van der Waals surface area contributed by atoms with E-state index in [0.717, 1.165) is 6.42 Å². The molecule has 0 saturated carbocycles. The summed E-state index contributed by atoms with van der Waals surface area (Å²) in [5.74, 6) is 0.790. The Morgan fingerprint density at radius 1 is 1.03 bits per heavy atom. The molecule has 1 aromatic heterocycles. The Labute approximate surface area is 205 Å². The molecule has 0 amide bonds. The quantitative estimate of drug-likeness (QED) is 0.155. The number of ether oxygens (including phenoxy) is 3. The van der Waals surface area contributed by atoms with E-state index < -0.39 is 10.9 Å². The van der Waals surface area contributed by atoms with Crippen molar-refractivity contribution in [2.24, 2.45) is 0 Å². The van der Waals surface area contributed by atoms with Gasteiger partial charge in [-0.25, -0.2) is 4.79 Å². The number of hydrogen-bond donors (Lipinski definition) is 0. The molecule has 3 aromatic carbocycles. The highest BCUT2D eigenvalue weighted by atomic mass is 16.6. The van der Waals surface area contributed by atoms with Crippen molar-refractivity contribution >= 4 is 22.6 Å². The lowest BCUT2D eigenvalue weighted by Gasteiger charge is -2.18. The molecule has 9 nitrogen and oxygen atoms in total. The zero-order valence-corrected chi connectivity index (χ0v) is 19.3. The molecule has 0 aliphatic carbocycles. The van der Waals surface area contributed by atoms with Crippen LogP contribution in [-0.4, -0.2) is 24.1 Å². The third-order valence-corrected chi connectivity index (χ3v) is 5.84. The van der Waals surface area contributed by atoms with Gasteiger partial charge in [0.1, 0.15) is 30.8 Å². The molecule has 1 aliphatic heterocycles. The number of nitro groups is 1. The maximum Gasteiger partial charge on any atom is 0.343 e. The van der Waals surface area contributed by atoms with Crippen LogP contribution in [0.15, 0.2) is 70.1 Å². The van der Waals surface area contributed by atoms with Crippen LogP contribution in [0.5, 0.6) is 17.2 Å². The van der Waals surface area contributed by atoms with E-state index in [1.807, 2.05) is 6.92 Å². The molecule has 4 aromatic rings. The molecule has 0 saturated heterocycles. The number of nitro benzene ring substituents is 1. The van der Waals surface area contributed by atoms with Crippen LogP contribution < -0.4 is 19.6 Å².